The molecule has 2 N–H and O–H groups in total. The summed E-state index contributed by atoms with van der Waals surface area (Å²) in [6.07, 6.45) is 9.20. The van der Waals surface area contributed by atoms with Crippen molar-refractivity contribution in [3.8, 4) is 0 Å². The van der Waals surface area contributed by atoms with E-state index in [4.69, 9.17) is 4.74 Å². The maximum absolute atomic E-state index is 5.88. The number of H-pyrrole nitrogens is 1. The number of hydrogen-bond donors (Lipinski definition) is 2. The molecular weight excluding hydrogens is 214 g/mol. The molecule has 17 heavy (non-hydrogen) atoms. The van der Waals surface area contributed by atoms with Crippen LogP contribution in [0.4, 0.5) is 0 Å². The van der Waals surface area contributed by atoms with Gasteiger partial charge in [-0.2, -0.15) is 0 Å². The first-order chi connectivity index (χ1) is 8.38. The van der Waals surface area contributed by atoms with Crippen molar-refractivity contribution in [2.75, 3.05) is 0 Å². The minimum absolute atomic E-state index is 0.426. The molecule has 3 unspecified atom stereocenters. The first-order valence-corrected chi connectivity index (χ1v) is 6.81. The summed E-state index contributed by atoms with van der Waals surface area (Å²) in [5, 5.41) is 3.51. The molecule has 3 fully saturated rings. The van der Waals surface area contributed by atoms with Gasteiger partial charge in [-0.15, -0.1) is 0 Å². The molecule has 2 aliphatic heterocycles. The monoisotopic (exact) mass is 233 g/mol. The van der Waals surface area contributed by atoms with Crippen LogP contribution in [-0.4, -0.2) is 28.2 Å². The van der Waals surface area contributed by atoms with E-state index in [2.05, 4.69) is 15.3 Å². The third-order valence-electron chi connectivity index (χ3n) is 4.26. The molecule has 0 aromatic carbocycles. The highest BCUT2D eigenvalue weighted by Crippen LogP contribution is 2.43. The highest BCUT2D eigenvalue weighted by Gasteiger charge is 2.42. The number of fused-ring (bicyclic) bond motifs is 2. The lowest BCUT2D eigenvalue weighted by Gasteiger charge is -2.15. The second kappa shape index (κ2) is 3.82. The molecule has 4 heteroatoms. The number of imidazole rings is 1. The zero-order valence-corrected chi connectivity index (χ0v) is 9.98. The van der Waals surface area contributed by atoms with E-state index in [1.54, 1.807) is 0 Å². The van der Waals surface area contributed by atoms with E-state index in [1.807, 2.05) is 6.20 Å². The van der Waals surface area contributed by atoms with Gasteiger partial charge in [-0.3, -0.25) is 0 Å². The SMILES string of the molecule is c1nc(C2CC3CCC2O3)[nH]c1CNC1CC1. The maximum atomic E-state index is 5.88. The van der Waals surface area contributed by atoms with E-state index in [0.717, 1.165) is 24.8 Å². The summed E-state index contributed by atoms with van der Waals surface area (Å²) in [5.74, 6) is 1.66. The molecule has 3 aliphatic rings. The molecule has 0 spiro atoms. The van der Waals surface area contributed by atoms with Crippen molar-refractivity contribution in [2.24, 2.45) is 0 Å². The molecule has 1 saturated carbocycles. The minimum Gasteiger partial charge on any atom is -0.374 e. The number of nitrogens with one attached hydrogen (secondary N) is 2. The first kappa shape index (κ1) is 10.1. The Balaban J connectivity index is 1.43. The quantitative estimate of drug-likeness (QED) is 0.832. The van der Waals surface area contributed by atoms with Crippen LogP contribution in [0.2, 0.25) is 0 Å². The zero-order valence-electron chi connectivity index (χ0n) is 9.98. The van der Waals surface area contributed by atoms with Crippen molar-refractivity contribution in [1.82, 2.24) is 15.3 Å². The zero-order chi connectivity index (χ0) is 11.2. The smallest absolute Gasteiger partial charge is 0.112 e. The van der Waals surface area contributed by atoms with Crippen LogP contribution in [0.5, 0.6) is 0 Å². The third-order valence-corrected chi connectivity index (χ3v) is 4.26. The van der Waals surface area contributed by atoms with Crippen LogP contribution in [0, 0.1) is 0 Å². The number of ether oxygens (including phenoxy) is 1. The lowest BCUT2D eigenvalue weighted by Crippen LogP contribution is -2.17. The molecule has 1 aliphatic carbocycles. The van der Waals surface area contributed by atoms with Gasteiger partial charge in [0.2, 0.25) is 0 Å². The molecule has 1 aromatic heterocycles. The van der Waals surface area contributed by atoms with Crippen LogP contribution in [0.25, 0.3) is 0 Å². The molecule has 2 saturated heterocycles. The van der Waals surface area contributed by atoms with E-state index >= 15 is 0 Å². The number of aromatic amines is 1. The maximum Gasteiger partial charge on any atom is 0.112 e. The Morgan fingerprint density at radius 2 is 2.29 bits per heavy atom. The summed E-state index contributed by atoms with van der Waals surface area (Å²) in [6, 6.07) is 0.757. The molecule has 0 amide bonds. The van der Waals surface area contributed by atoms with Crippen molar-refractivity contribution in [1.29, 1.82) is 0 Å². The number of nitrogens with zero attached hydrogens (tertiary/aromatic N) is 1. The van der Waals surface area contributed by atoms with Crippen molar-refractivity contribution >= 4 is 0 Å². The van der Waals surface area contributed by atoms with Gasteiger partial charge in [-0.25, -0.2) is 4.98 Å². The topological polar surface area (TPSA) is 49.9 Å². The molecular formula is C13H19N3O. The predicted molar refractivity (Wildman–Crippen MR) is 63.7 cm³/mol. The summed E-state index contributed by atoms with van der Waals surface area (Å²) in [6.45, 7) is 0.930. The van der Waals surface area contributed by atoms with Gasteiger partial charge in [0.25, 0.3) is 0 Å². The van der Waals surface area contributed by atoms with Gasteiger partial charge < -0.3 is 15.0 Å². The third kappa shape index (κ3) is 1.89. The molecule has 4 nitrogen and oxygen atoms in total. The van der Waals surface area contributed by atoms with Crippen molar-refractivity contribution in [3.05, 3.63) is 17.7 Å². The average molecular weight is 233 g/mol. The summed E-state index contributed by atoms with van der Waals surface area (Å²) in [4.78, 5) is 8.01. The van der Waals surface area contributed by atoms with Gasteiger partial charge in [0.15, 0.2) is 0 Å². The Kier molecular flexibility index (Phi) is 2.27. The Bertz CT molecular complexity index is 413. The molecule has 1 aromatic rings. The van der Waals surface area contributed by atoms with Crippen LogP contribution in [0.15, 0.2) is 6.20 Å². The minimum atomic E-state index is 0.426. The second-order valence-corrected chi connectivity index (χ2v) is 5.66. The number of rotatable bonds is 4. The second-order valence-electron chi connectivity index (χ2n) is 5.66. The van der Waals surface area contributed by atoms with E-state index < -0.39 is 0 Å². The number of hydrogen-bond acceptors (Lipinski definition) is 3. The van der Waals surface area contributed by atoms with Crippen molar-refractivity contribution < 1.29 is 4.74 Å². The fraction of sp³-hybridized carbons (Fsp3) is 0.769. The Hall–Kier alpha value is -0.870. The fourth-order valence-electron chi connectivity index (χ4n) is 3.12. The van der Waals surface area contributed by atoms with Gasteiger partial charge in [-0.1, -0.05) is 0 Å². The van der Waals surface area contributed by atoms with Crippen LogP contribution in [-0.2, 0) is 11.3 Å². The van der Waals surface area contributed by atoms with Gasteiger partial charge in [-0.05, 0) is 32.1 Å². The highest BCUT2D eigenvalue weighted by atomic mass is 16.5. The molecule has 4 rings (SSSR count). The molecule has 2 bridgehead atoms. The van der Waals surface area contributed by atoms with Gasteiger partial charge in [0.05, 0.1) is 12.2 Å². The lowest BCUT2D eigenvalue weighted by molar-refractivity contribution is 0.0999. The Labute approximate surface area is 101 Å². The van der Waals surface area contributed by atoms with Crippen LogP contribution in [0.3, 0.4) is 0 Å². The summed E-state index contributed by atoms with van der Waals surface area (Å²) in [5.41, 5.74) is 1.22. The van der Waals surface area contributed by atoms with Gasteiger partial charge in [0.1, 0.15) is 5.82 Å². The Morgan fingerprint density at radius 3 is 3.00 bits per heavy atom. The van der Waals surface area contributed by atoms with E-state index in [9.17, 15) is 0 Å². The summed E-state index contributed by atoms with van der Waals surface area (Å²) >= 11 is 0. The van der Waals surface area contributed by atoms with Crippen molar-refractivity contribution in [3.63, 3.8) is 0 Å². The van der Waals surface area contributed by atoms with Crippen molar-refractivity contribution in [2.45, 2.75) is 62.8 Å². The van der Waals surface area contributed by atoms with E-state index in [-0.39, 0.29) is 0 Å². The summed E-state index contributed by atoms with van der Waals surface area (Å²) < 4.78 is 5.88. The molecule has 92 valence electrons. The van der Waals surface area contributed by atoms with Gasteiger partial charge in [0, 0.05) is 30.4 Å². The highest BCUT2D eigenvalue weighted by molar-refractivity contribution is 5.12. The van der Waals surface area contributed by atoms with Crippen LogP contribution >= 0.6 is 0 Å². The molecule has 0 radical (unpaired) electrons. The van der Waals surface area contributed by atoms with Gasteiger partial charge >= 0.3 is 0 Å². The van der Waals surface area contributed by atoms with Crippen LogP contribution < -0.4 is 5.32 Å². The Morgan fingerprint density at radius 1 is 1.35 bits per heavy atom. The average Bonchev–Trinajstić information content (AvgIpc) is 2.82. The summed E-state index contributed by atoms with van der Waals surface area (Å²) in [7, 11) is 0. The molecule has 3 heterocycles. The molecule has 3 atom stereocenters. The fourth-order valence-corrected chi connectivity index (χ4v) is 3.12. The standard InChI is InChI=1S/C13H19N3O/c1-2-8(1)14-6-9-7-15-13(16-9)11-5-10-3-4-12(11)17-10/h7-8,10-12,14H,1-6H2,(H,15,16). The van der Waals surface area contributed by atoms with E-state index in [1.165, 1.54) is 31.4 Å². The lowest BCUT2D eigenvalue weighted by atomic mass is 9.89. The largest absolute Gasteiger partial charge is 0.374 e. The van der Waals surface area contributed by atoms with E-state index in [0.29, 0.717) is 18.1 Å². The normalized spacial score (nSPS) is 35.6. The number of aromatic nitrogens is 2. The predicted octanol–water partition coefficient (Wildman–Crippen LogP) is 1.70. The first-order valence-electron chi connectivity index (χ1n) is 6.81. The van der Waals surface area contributed by atoms with Crippen LogP contribution in [0.1, 0.15) is 49.5 Å².